The van der Waals surface area contributed by atoms with Crippen LogP contribution >= 0.6 is 0 Å². The fraction of sp³-hybridized carbons (Fsp3) is 0.118. The first-order valence-corrected chi connectivity index (χ1v) is 7.07. The van der Waals surface area contributed by atoms with Crippen LogP contribution in [0.4, 0.5) is 4.39 Å². The molecule has 0 bridgehead atoms. The van der Waals surface area contributed by atoms with Crippen molar-refractivity contribution < 1.29 is 13.7 Å². The molecule has 5 nitrogen and oxygen atoms in total. The number of hydrogen-bond acceptors (Lipinski definition) is 4. The fourth-order valence-corrected chi connectivity index (χ4v) is 2.17. The van der Waals surface area contributed by atoms with E-state index in [1.165, 1.54) is 18.2 Å². The van der Waals surface area contributed by atoms with Crippen LogP contribution in [0.25, 0.3) is 11.3 Å². The Kier molecular flexibility index (Phi) is 4.14. The molecule has 2 heterocycles. The molecule has 0 spiro atoms. The Morgan fingerprint density at radius 2 is 2.00 bits per heavy atom. The van der Waals surface area contributed by atoms with Crippen LogP contribution in [0.1, 0.15) is 29.1 Å². The van der Waals surface area contributed by atoms with Gasteiger partial charge >= 0.3 is 0 Å². The largest absolute Gasteiger partial charge is 0.350 e. The molecule has 0 aliphatic rings. The van der Waals surface area contributed by atoms with E-state index in [1.807, 2.05) is 19.1 Å². The molecule has 0 unspecified atom stereocenters. The predicted molar refractivity (Wildman–Crippen MR) is 82.0 cm³/mol. The number of rotatable bonds is 4. The number of benzene rings is 1. The summed E-state index contributed by atoms with van der Waals surface area (Å²) >= 11 is 0. The van der Waals surface area contributed by atoms with Gasteiger partial charge in [-0.2, -0.15) is 0 Å². The Bertz CT molecular complexity index is 817. The second-order valence-electron chi connectivity index (χ2n) is 5.06. The van der Waals surface area contributed by atoms with Gasteiger partial charge in [0.25, 0.3) is 5.91 Å². The SMILES string of the molecule is C[C@H](NC(=O)c1cc(-c2cccc(F)c2)no1)c1ccncc1. The molecule has 0 aliphatic carbocycles. The third kappa shape index (κ3) is 3.42. The maximum atomic E-state index is 13.2. The zero-order valence-electron chi connectivity index (χ0n) is 12.4. The highest BCUT2D eigenvalue weighted by atomic mass is 19.1. The van der Waals surface area contributed by atoms with Crippen molar-refractivity contribution in [3.63, 3.8) is 0 Å². The Labute approximate surface area is 132 Å². The Balaban J connectivity index is 1.74. The van der Waals surface area contributed by atoms with Gasteiger partial charge in [-0.25, -0.2) is 4.39 Å². The number of hydrogen-bond donors (Lipinski definition) is 1. The number of carbonyl (C=O) groups excluding carboxylic acids is 1. The normalized spacial score (nSPS) is 11.9. The molecular formula is C17H14FN3O2. The average molecular weight is 311 g/mol. The second-order valence-corrected chi connectivity index (χ2v) is 5.06. The van der Waals surface area contributed by atoms with Gasteiger partial charge in [-0.1, -0.05) is 17.3 Å². The van der Waals surface area contributed by atoms with Gasteiger partial charge in [0.05, 0.1) is 6.04 Å². The number of amides is 1. The quantitative estimate of drug-likeness (QED) is 0.802. The second kappa shape index (κ2) is 6.39. The van der Waals surface area contributed by atoms with Crippen LogP contribution < -0.4 is 5.32 Å². The molecule has 0 fully saturated rings. The highest BCUT2D eigenvalue weighted by molar-refractivity contribution is 5.92. The van der Waals surface area contributed by atoms with Crippen molar-refractivity contribution in [1.29, 1.82) is 0 Å². The summed E-state index contributed by atoms with van der Waals surface area (Å²) in [6.45, 7) is 1.86. The molecule has 1 N–H and O–H groups in total. The maximum absolute atomic E-state index is 13.2. The number of halogens is 1. The van der Waals surface area contributed by atoms with E-state index in [4.69, 9.17) is 4.52 Å². The first-order chi connectivity index (χ1) is 11.1. The summed E-state index contributed by atoms with van der Waals surface area (Å²) in [4.78, 5) is 16.1. The molecular weight excluding hydrogens is 297 g/mol. The van der Waals surface area contributed by atoms with Gasteiger partial charge < -0.3 is 9.84 Å². The summed E-state index contributed by atoms with van der Waals surface area (Å²) in [5, 5.41) is 6.63. The number of nitrogens with zero attached hydrogens (tertiary/aromatic N) is 2. The van der Waals surface area contributed by atoms with Gasteiger partial charge in [0.2, 0.25) is 5.76 Å². The van der Waals surface area contributed by atoms with Crippen molar-refractivity contribution in [2.45, 2.75) is 13.0 Å². The van der Waals surface area contributed by atoms with Crippen LogP contribution in [0.15, 0.2) is 59.4 Å². The van der Waals surface area contributed by atoms with Crippen molar-refractivity contribution >= 4 is 5.91 Å². The van der Waals surface area contributed by atoms with Crippen LogP contribution in [0, 0.1) is 5.82 Å². The van der Waals surface area contributed by atoms with Gasteiger partial charge in [-0.05, 0) is 36.8 Å². The van der Waals surface area contributed by atoms with Gasteiger partial charge in [0, 0.05) is 24.0 Å². The first kappa shape index (κ1) is 14.9. The lowest BCUT2D eigenvalue weighted by molar-refractivity contribution is 0.0902. The smallest absolute Gasteiger partial charge is 0.290 e. The Morgan fingerprint density at radius 3 is 2.74 bits per heavy atom. The fourth-order valence-electron chi connectivity index (χ4n) is 2.17. The van der Waals surface area contributed by atoms with Crippen LogP contribution in [0.3, 0.4) is 0 Å². The highest BCUT2D eigenvalue weighted by Gasteiger charge is 2.17. The molecule has 1 amide bonds. The topological polar surface area (TPSA) is 68.0 Å². The third-order valence-electron chi connectivity index (χ3n) is 3.41. The van der Waals surface area contributed by atoms with Crippen molar-refractivity contribution in [2.75, 3.05) is 0 Å². The summed E-state index contributed by atoms with van der Waals surface area (Å²) in [5.41, 5.74) is 1.89. The summed E-state index contributed by atoms with van der Waals surface area (Å²) in [7, 11) is 0. The summed E-state index contributed by atoms with van der Waals surface area (Å²) < 4.78 is 18.3. The maximum Gasteiger partial charge on any atom is 0.290 e. The van der Waals surface area contributed by atoms with Crippen molar-refractivity contribution in [1.82, 2.24) is 15.5 Å². The highest BCUT2D eigenvalue weighted by Crippen LogP contribution is 2.20. The summed E-state index contributed by atoms with van der Waals surface area (Å²) in [6, 6.07) is 10.9. The molecule has 3 rings (SSSR count). The Hall–Kier alpha value is -3.02. The number of aromatic nitrogens is 2. The van der Waals surface area contributed by atoms with Crippen molar-refractivity contribution in [2.24, 2.45) is 0 Å². The predicted octanol–water partition coefficient (Wildman–Crippen LogP) is 3.37. The van der Waals surface area contributed by atoms with E-state index in [0.717, 1.165) is 5.56 Å². The lowest BCUT2D eigenvalue weighted by Crippen LogP contribution is -2.26. The van der Waals surface area contributed by atoms with Crippen molar-refractivity contribution in [3.05, 3.63) is 72.0 Å². The minimum Gasteiger partial charge on any atom is -0.350 e. The van der Waals surface area contributed by atoms with E-state index in [9.17, 15) is 9.18 Å². The van der Waals surface area contributed by atoms with E-state index in [1.54, 1.807) is 24.5 Å². The van der Waals surface area contributed by atoms with Crippen LogP contribution in [0.5, 0.6) is 0 Å². The molecule has 1 aromatic carbocycles. The summed E-state index contributed by atoms with van der Waals surface area (Å²) in [6.07, 6.45) is 3.32. The van der Waals surface area contributed by atoms with E-state index in [0.29, 0.717) is 11.3 Å². The van der Waals surface area contributed by atoms with E-state index >= 15 is 0 Å². The van der Waals surface area contributed by atoms with Gasteiger partial charge in [0.1, 0.15) is 11.5 Å². The molecule has 6 heteroatoms. The van der Waals surface area contributed by atoms with Crippen molar-refractivity contribution in [3.8, 4) is 11.3 Å². The molecule has 0 saturated carbocycles. The Morgan fingerprint density at radius 1 is 1.22 bits per heavy atom. The molecule has 2 aromatic heterocycles. The first-order valence-electron chi connectivity index (χ1n) is 7.07. The molecule has 3 aromatic rings. The van der Waals surface area contributed by atoms with Crippen LogP contribution in [-0.4, -0.2) is 16.0 Å². The average Bonchev–Trinajstić information content (AvgIpc) is 3.06. The van der Waals surface area contributed by atoms with Gasteiger partial charge in [0.15, 0.2) is 0 Å². The minimum absolute atomic E-state index is 0.0742. The number of carbonyl (C=O) groups is 1. The van der Waals surface area contributed by atoms with Gasteiger partial charge in [-0.15, -0.1) is 0 Å². The monoisotopic (exact) mass is 311 g/mol. The minimum atomic E-state index is -0.385. The van der Waals surface area contributed by atoms with Crippen LogP contribution in [0.2, 0.25) is 0 Å². The van der Waals surface area contributed by atoms with E-state index in [-0.39, 0.29) is 23.5 Å². The lowest BCUT2D eigenvalue weighted by Gasteiger charge is -2.12. The zero-order valence-corrected chi connectivity index (χ0v) is 12.4. The summed E-state index contributed by atoms with van der Waals surface area (Å²) in [5.74, 6) is -0.683. The molecule has 0 radical (unpaired) electrons. The zero-order chi connectivity index (χ0) is 16.2. The lowest BCUT2D eigenvalue weighted by atomic mass is 10.1. The van der Waals surface area contributed by atoms with E-state index < -0.39 is 0 Å². The molecule has 116 valence electrons. The molecule has 0 aliphatic heterocycles. The van der Waals surface area contributed by atoms with Crippen LogP contribution in [-0.2, 0) is 0 Å². The van der Waals surface area contributed by atoms with Gasteiger partial charge in [-0.3, -0.25) is 9.78 Å². The molecule has 0 saturated heterocycles. The molecule has 23 heavy (non-hydrogen) atoms. The van der Waals surface area contributed by atoms with E-state index in [2.05, 4.69) is 15.5 Å². The third-order valence-corrected chi connectivity index (χ3v) is 3.41. The standard InChI is InChI=1S/C17H14FN3O2/c1-11(12-5-7-19-8-6-12)20-17(22)16-10-15(21-23-16)13-3-2-4-14(18)9-13/h2-11H,1H3,(H,20,22)/t11-/m0/s1. The number of nitrogens with one attached hydrogen (secondary N) is 1. The molecule has 1 atom stereocenters. The number of pyridine rings is 1.